The van der Waals surface area contributed by atoms with E-state index in [2.05, 4.69) is 5.14 Å². The molecule has 0 aromatic carbocycles. The summed E-state index contributed by atoms with van der Waals surface area (Å²) >= 11 is -1.86. The van der Waals surface area contributed by atoms with Crippen LogP contribution in [0, 0.1) is 0 Å². The predicted molar refractivity (Wildman–Crippen MR) is 33.1 cm³/mol. The monoisotopic (exact) mass is 181 g/mol. The first-order valence-electron chi connectivity index (χ1n) is 1.55. The van der Waals surface area contributed by atoms with E-state index in [1.54, 1.807) is 0 Å². The van der Waals surface area contributed by atoms with Gasteiger partial charge in [-0.2, -0.15) is 0 Å². The van der Waals surface area contributed by atoms with Crippen molar-refractivity contribution >= 4 is 22.1 Å². The third-order valence-electron chi connectivity index (χ3n) is 0. The van der Waals surface area contributed by atoms with Crippen molar-refractivity contribution in [2.75, 3.05) is 12.5 Å². The summed E-state index contributed by atoms with van der Waals surface area (Å²) in [7, 11) is -1.11. The van der Waals surface area contributed by atoms with Crippen molar-refractivity contribution in [3.63, 3.8) is 0 Å². The fourth-order valence-corrected chi connectivity index (χ4v) is 0. The van der Waals surface area contributed by atoms with Crippen LogP contribution in [-0.4, -0.2) is 25.5 Å². The van der Waals surface area contributed by atoms with Gasteiger partial charge in [-0.1, -0.05) is 11.1 Å². The molecule has 7 heteroatoms. The molecule has 0 spiro atoms. The zero-order chi connectivity index (χ0) is 7.15. The second-order valence-corrected chi connectivity index (χ2v) is 2.70. The van der Waals surface area contributed by atoms with Crippen molar-refractivity contribution in [3.8, 4) is 0 Å². The summed E-state index contributed by atoms with van der Waals surface area (Å²) in [5.41, 5.74) is 0. The Labute approximate surface area is 81.8 Å². The molecule has 0 aromatic heterocycles. The molecule has 4 nitrogen and oxygen atoms in total. The van der Waals surface area contributed by atoms with E-state index in [-0.39, 0.29) is 29.6 Å². The van der Waals surface area contributed by atoms with E-state index in [0.29, 0.717) is 0 Å². The largest absolute Gasteiger partial charge is 1.00 e. The van der Waals surface area contributed by atoms with Crippen molar-refractivity contribution in [3.05, 3.63) is 0 Å². The number of rotatable bonds is 0. The second-order valence-electron chi connectivity index (χ2n) is 0.900. The normalized spacial score (nSPS) is 13.8. The Kier molecular flexibility index (Phi) is 22.1. The first-order chi connectivity index (χ1) is 3.46. The van der Waals surface area contributed by atoms with E-state index in [1.807, 2.05) is 0 Å². The van der Waals surface area contributed by atoms with Gasteiger partial charge in [0, 0.05) is 6.26 Å². The molecule has 2 atom stereocenters. The van der Waals surface area contributed by atoms with Crippen LogP contribution < -0.4 is 34.7 Å². The van der Waals surface area contributed by atoms with Crippen LogP contribution in [0.25, 0.3) is 0 Å². The van der Waals surface area contributed by atoms with Gasteiger partial charge in [-0.25, -0.2) is 4.21 Å². The molecule has 0 rings (SSSR count). The molecule has 52 valence electrons. The molecule has 0 saturated heterocycles. The summed E-state index contributed by atoms with van der Waals surface area (Å²) in [6.07, 6.45) is 2.50. The standard InChI is InChI=1S/CH5NOS.CH4O2S.Na/c2*1-4(2)3;/h2H2,1H3;1H3,(H,2,3);/q;;+1/p-1. The Balaban J connectivity index is -0.0000000720. The molecule has 0 aliphatic heterocycles. The average Bonchev–Trinajstić information content (AvgIpc) is 1.25. The van der Waals surface area contributed by atoms with Crippen LogP contribution in [-0.2, 0) is 22.1 Å². The van der Waals surface area contributed by atoms with Crippen molar-refractivity contribution in [1.29, 1.82) is 0 Å². The topological polar surface area (TPSA) is 83.2 Å². The van der Waals surface area contributed by atoms with Crippen molar-refractivity contribution in [2.45, 2.75) is 0 Å². The van der Waals surface area contributed by atoms with Crippen molar-refractivity contribution < 1.29 is 42.5 Å². The van der Waals surface area contributed by atoms with E-state index in [1.165, 1.54) is 6.26 Å². The van der Waals surface area contributed by atoms with Crippen molar-refractivity contribution in [1.82, 2.24) is 0 Å². The van der Waals surface area contributed by atoms with Crippen LogP contribution in [0.1, 0.15) is 0 Å². The first kappa shape index (κ1) is 16.7. The van der Waals surface area contributed by atoms with E-state index >= 15 is 0 Å². The minimum Gasteiger partial charge on any atom is -0.773 e. The van der Waals surface area contributed by atoms with Gasteiger partial charge in [0.15, 0.2) is 0 Å². The van der Waals surface area contributed by atoms with E-state index in [9.17, 15) is 4.21 Å². The molecule has 0 aliphatic rings. The Hall–Kier alpha value is 1.22. The summed E-state index contributed by atoms with van der Waals surface area (Å²) in [6, 6.07) is 0. The molecule has 2 N–H and O–H groups in total. The van der Waals surface area contributed by atoms with Gasteiger partial charge in [0.1, 0.15) is 0 Å². The molecule has 0 saturated carbocycles. The maximum Gasteiger partial charge on any atom is 1.00 e. The van der Waals surface area contributed by atoms with E-state index in [0.717, 1.165) is 6.26 Å². The van der Waals surface area contributed by atoms with Crippen LogP contribution in [0.5, 0.6) is 0 Å². The SMILES string of the molecule is CS(=O)[O-].CS(N)=O.[Na+]. The quantitative estimate of drug-likeness (QED) is 0.303. The van der Waals surface area contributed by atoms with E-state index < -0.39 is 22.1 Å². The summed E-state index contributed by atoms with van der Waals surface area (Å²) in [6.45, 7) is 0. The maximum absolute atomic E-state index is 9.33. The van der Waals surface area contributed by atoms with Gasteiger partial charge in [-0.3, -0.25) is 9.35 Å². The van der Waals surface area contributed by atoms with Gasteiger partial charge in [0.05, 0.1) is 11.0 Å². The van der Waals surface area contributed by atoms with Crippen LogP contribution in [0.4, 0.5) is 0 Å². The van der Waals surface area contributed by atoms with E-state index in [4.69, 9.17) is 8.76 Å². The van der Waals surface area contributed by atoms with Gasteiger partial charge in [-0.15, -0.1) is 0 Å². The Morgan fingerprint density at radius 2 is 1.33 bits per heavy atom. The molecule has 0 radical (unpaired) electrons. The molecule has 0 bridgehead atoms. The zero-order valence-electron chi connectivity index (χ0n) is 5.62. The maximum atomic E-state index is 9.33. The number of hydrogen-bond acceptors (Lipinski definition) is 3. The van der Waals surface area contributed by atoms with Gasteiger partial charge in [-0.05, 0) is 6.26 Å². The van der Waals surface area contributed by atoms with Crippen molar-refractivity contribution in [2.24, 2.45) is 5.14 Å². The molecular formula is C2H8NNaO3S2. The Morgan fingerprint density at radius 1 is 1.33 bits per heavy atom. The molecule has 0 heterocycles. The van der Waals surface area contributed by atoms with Gasteiger partial charge < -0.3 is 4.55 Å². The molecule has 0 aliphatic carbocycles. The average molecular weight is 181 g/mol. The minimum absolute atomic E-state index is 0. The van der Waals surface area contributed by atoms with Crippen LogP contribution in [0.15, 0.2) is 0 Å². The summed E-state index contributed by atoms with van der Waals surface area (Å²) < 4.78 is 27.3. The van der Waals surface area contributed by atoms with Gasteiger partial charge in [0.2, 0.25) is 0 Å². The van der Waals surface area contributed by atoms with Crippen LogP contribution >= 0.6 is 0 Å². The molecule has 0 aromatic rings. The van der Waals surface area contributed by atoms with Crippen LogP contribution in [0.3, 0.4) is 0 Å². The number of hydrogen-bond donors (Lipinski definition) is 1. The third-order valence-corrected chi connectivity index (χ3v) is 0. The molecule has 2 unspecified atom stereocenters. The fourth-order valence-electron chi connectivity index (χ4n) is 0. The predicted octanol–water partition coefficient (Wildman–Crippen LogP) is -4.26. The summed E-state index contributed by atoms with van der Waals surface area (Å²) in [4.78, 5) is 0. The summed E-state index contributed by atoms with van der Waals surface area (Å²) in [5.74, 6) is 0. The molecular weight excluding hydrogens is 173 g/mol. The molecule has 0 fully saturated rings. The molecule has 9 heavy (non-hydrogen) atoms. The van der Waals surface area contributed by atoms with Crippen LogP contribution in [0.2, 0.25) is 0 Å². The number of nitrogens with two attached hydrogens (primary N) is 1. The second kappa shape index (κ2) is 12.0. The smallest absolute Gasteiger partial charge is 0.773 e. The first-order valence-corrected chi connectivity index (χ1v) is 4.66. The van der Waals surface area contributed by atoms with Gasteiger partial charge >= 0.3 is 29.6 Å². The summed E-state index contributed by atoms with van der Waals surface area (Å²) in [5, 5.41) is 4.58. The van der Waals surface area contributed by atoms with Gasteiger partial charge in [0.25, 0.3) is 0 Å². The molecule has 0 amide bonds. The minimum atomic E-state index is -1.86. The Morgan fingerprint density at radius 3 is 1.33 bits per heavy atom. The Bertz CT molecular complexity index is 77.8. The zero-order valence-corrected chi connectivity index (χ0v) is 9.25. The third kappa shape index (κ3) is 323. The fraction of sp³-hybridized carbons (Fsp3) is 1.00.